The van der Waals surface area contributed by atoms with Gasteiger partial charge in [-0.3, -0.25) is 4.79 Å². The number of sulfonamides is 1. The maximum Gasteiger partial charge on any atom is 0.224 e. The van der Waals surface area contributed by atoms with Gasteiger partial charge in [0.05, 0.1) is 6.26 Å². The molecule has 0 saturated carbocycles. The van der Waals surface area contributed by atoms with E-state index in [0.29, 0.717) is 25.9 Å². The topological polar surface area (TPSA) is 84.3 Å². The fraction of sp³-hybridized carbons (Fsp3) is 0.733. The monoisotopic (exact) mass is 342 g/mol. The smallest absolute Gasteiger partial charge is 0.224 e. The van der Waals surface area contributed by atoms with Gasteiger partial charge in [-0.25, -0.2) is 18.1 Å². The van der Waals surface area contributed by atoms with Crippen LogP contribution in [0.4, 0.5) is 0 Å². The van der Waals surface area contributed by atoms with Crippen molar-refractivity contribution in [1.82, 2.24) is 19.2 Å². The molecule has 0 radical (unpaired) electrons. The van der Waals surface area contributed by atoms with Gasteiger partial charge in [0.15, 0.2) is 0 Å². The van der Waals surface area contributed by atoms with Crippen LogP contribution >= 0.6 is 0 Å². The number of amides is 1. The zero-order valence-corrected chi connectivity index (χ0v) is 14.7. The predicted octanol–water partition coefficient (Wildman–Crippen LogP) is 0.902. The Morgan fingerprint density at radius 3 is 2.87 bits per heavy atom. The highest BCUT2D eigenvalue weighted by atomic mass is 32.2. The van der Waals surface area contributed by atoms with E-state index < -0.39 is 10.0 Å². The van der Waals surface area contributed by atoms with Gasteiger partial charge in [0.2, 0.25) is 15.9 Å². The van der Waals surface area contributed by atoms with E-state index in [9.17, 15) is 13.2 Å². The molecule has 2 rings (SSSR count). The van der Waals surface area contributed by atoms with Crippen molar-refractivity contribution < 1.29 is 13.2 Å². The van der Waals surface area contributed by atoms with Gasteiger partial charge >= 0.3 is 0 Å². The highest BCUT2D eigenvalue weighted by Crippen LogP contribution is 2.20. The minimum atomic E-state index is -3.17. The van der Waals surface area contributed by atoms with Crippen LogP contribution in [0.3, 0.4) is 0 Å². The maximum atomic E-state index is 12.5. The Bertz CT molecular complexity index is 626. The number of carbonyl (C=O) groups is 1. The van der Waals surface area contributed by atoms with Crippen molar-refractivity contribution in [3.05, 3.63) is 18.2 Å². The van der Waals surface area contributed by atoms with Crippen LogP contribution in [0.1, 0.15) is 37.9 Å². The third-order valence-corrected chi connectivity index (χ3v) is 5.01. The van der Waals surface area contributed by atoms with Crippen molar-refractivity contribution >= 4 is 15.9 Å². The largest absolute Gasteiger partial charge is 0.340 e. The van der Waals surface area contributed by atoms with Crippen LogP contribution in [0.2, 0.25) is 0 Å². The highest BCUT2D eigenvalue weighted by Gasteiger charge is 2.26. The summed E-state index contributed by atoms with van der Waals surface area (Å²) in [7, 11) is -3.17. The van der Waals surface area contributed by atoms with Gasteiger partial charge in [0.1, 0.15) is 5.82 Å². The molecule has 0 aliphatic carbocycles. The molecular weight excluding hydrogens is 316 g/mol. The lowest BCUT2D eigenvalue weighted by atomic mass is 9.99. The SMILES string of the molecule is Cc1nccn1CCC(=O)N1CCCCC1CCNS(C)(=O)=O. The summed E-state index contributed by atoms with van der Waals surface area (Å²) < 4.78 is 26.8. The van der Waals surface area contributed by atoms with E-state index in [1.54, 1.807) is 6.20 Å². The lowest BCUT2D eigenvalue weighted by Crippen LogP contribution is -2.45. The quantitative estimate of drug-likeness (QED) is 0.798. The van der Waals surface area contributed by atoms with E-state index in [1.165, 1.54) is 0 Å². The third kappa shape index (κ3) is 5.62. The van der Waals surface area contributed by atoms with Crippen LogP contribution < -0.4 is 4.72 Å². The molecule has 130 valence electrons. The molecule has 1 unspecified atom stereocenters. The first-order valence-electron chi connectivity index (χ1n) is 8.08. The molecule has 8 heteroatoms. The normalized spacial score (nSPS) is 19.0. The molecule has 1 aliphatic rings. The fourth-order valence-electron chi connectivity index (χ4n) is 3.04. The summed E-state index contributed by atoms with van der Waals surface area (Å²) in [5.41, 5.74) is 0. The Hall–Kier alpha value is -1.41. The molecule has 1 saturated heterocycles. The second kappa shape index (κ2) is 7.92. The Balaban J connectivity index is 1.86. The summed E-state index contributed by atoms with van der Waals surface area (Å²) in [6, 6.07) is 0.134. The summed E-state index contributed by atoms with van der Waals surface area (Å²) in [6.07, 6.45) is 8.95. The van der Waals surface area contributed by atoms with Crippen molar-refractivity contribution in [3.63, 3.8) is 0 Å². The first-order valence-corrected chi connectivity index (χ1v) is 9.98. The molecule has 7 nitrogen and oxygen atoms in total. The maximum absolute atomic E-state index is 12.5. The number of aromatic nitrogens is 2. The molecule has 23 heavy (non-hydrogen) atoms. The summed E-state index contributed by atoms with van der Waals surface area (Å²) >= 11 is 0. The lowest BCUT2D eigenvalue weighted by molar-refractivity contribution is -0.135. The average Bonchev–Trinajstić information content (AvgIpc) is 2.89. The minimum Gasteiger partial charge on any atom is -0.340 e. The Morgan fingerprint density at radius 1 is 1.43 bits per heavy atom. The van der Waals surface area contributed by atoms with E-state index in [1.807, 2.05) is 22.6 Å². The van der Waals surface area contributed by atoms with Crippen LogP contribution in [0.5, 0.6) is 0 Å². The number of rotatable bonds is 7. The molecular formula is C15H26N4O3S. The van der Waals surface area contributed by atoms with Gasteiger partial charge in [0.25, 0.3) is 0 Å². The molecule has 0 aromatic carbocycles. The van der Waals surface area contributed by atoms with Crippen molar-refractivity contribution in [3.8, 4) is 0 Å². The van der Waals surface area contributed by atoms with Gasteiger partial charge in [-0.15, -0.1) is 0 Å². The van der Waals surface area contributed by atoms with Gasteiger partial charge in [-0.05, 0) is 32.6 Å². The zero-order valence-electron chi connectivity index (χ0n) is 13.9. The van der Waals surface area contributed by atoms with Crippen molar-refractivity contribution in [2.24, 2.45) is 0 Å². The lowest BCUT2D eigenvalue weighted by Gasteiger charge is -2.36. The van der Waals surface area contributed by atoms with Gasteiger partial charge in [-0.2, -0.15) is 0 Å². The second-order valence-corrected chi connectivity index (χ2v) is 7.94. The summed E-state index contributed by atoms with van der Waals surface area (Å²) in [5.74, 6) is 1.05. The first kappa shape index (κ1) is 17.9. The van der Waals surface area contributed by atoms with Crippen LogP contribution in [0.15, 0.2) is 12.4 Å². The van der Waals surface area contributed by atoms with E-state index in [0.717, 1.165) is 37.9 Å². The van der Waals surface area contributed by atoms with Crippen LogP contribution in [0.25, 0.3) is 0 Å². The first-order chi connectivity index (χ1) is 10.9. The number of likely N-dealkylation sites (tertiary alicyclic amines) is 1. The zero-order chi connectivity index (χ0) is 16.9. The van der Waals surface area contributed by atoms with Gasteiger partial charge < -0.3 is 9.47 Å². The molecule has 1 N–H and O–H groups in total. The summed E-state index contributed by atoms with van der Waals surface area (Å²) in [5, 5.41) is 0. The summed E-state index contributed by atoms with van der Waals surface area (Å²) in [4.78, 5) is 18.6. The number of nitrogens with one attached hydrogen (secondary N) is 1. The van der Waals surface area contributed by atoms with Crippen molar-refractivity contribution in [2.45, 2.75) is 51.6 Å². The second-order valence-electron chi connectivity index (χ2n) is 6.11. The number of hydrogen-bond acceptors (Lipinski definition) is 4. The van der Waals surface area contributed by atoms with Gasteiger partial charge in [0, 0.05) is 44.5 Å². The number of imidazole rings is 1. The molecule has 2 heterocycles. The number of hydrogen-bond donors (Lipinski definition) is 1. The highest BCUT2D eigenvalue weighted by molar-refractivity contribution is 7.88. The van der Waals surface area contributed by atoms with Crippen molar-refractivity contribution in [2.75, 3.05) is 19.3 Å². The van der Waals surface area contributed by atoms with Gasteiger partial charge in [-0.1, -0.05) is 0 Å². The summed E-state index contributed by atoms with van der Waals surface area (Å²) in [6.45, 7) is 3.71. The van der Waals surface area contributed by atoms with Crippen LogP contribution in [-0.2, 0) is 21.4 Å². The predicted molar refractivity (Wildman–Crippen MR) is 88.4 cm³/mol. The van der Waals surface area contributed by atoms with Crippen LogP contribution in [0, 0.1) is 6.92 Å². The number of carbonyl (C=O) groups excluding carboxylic acids is 1. The number of aryl methyl sites for hydroxylation is 2. The van der Waals surface area contributed by atoms with E-state index in [-0.39, 0.29) is 11.9 Å². The van der Waals surface area contributed by atoms with E-state index in [2.05, 4.69) is 9.71 Å². The molecule has 1 atom stereocenters. The average molecular weight is 342 g/mol. The standard InChI is InChI=1S/C15H26N4O3S/c1-13-16-9-12-18(13)11-7-15(20)19-10-4-3-5-14(19)6-8-17-23(2,21)22/h9,12,14,17H,3-8,10-11H2,1-2H3. The molecule has 1 aromatic heterocycles. The number of piperidine rings is 1. The third-order valence-electron chi connectivity index (χ3n) is 4.28. The molecule has 1 amide bonds. The van der Waals surface area contributed by atoms with E-state index >= 15 is 0 Å². The Labute approximate surface area is 138 Å². The van der Waals surface area contributed by atoms with Crippen molar-refractivity contribution in [1.29, 1.82) is 0 Å². The molecule has 0 spiro atoms. The van der Waals surface area contributed by atoms with Crippen LogP contribution in [-0.4, -0.2) is 54.2 Å². The van der Waals surface area contributed by atoms with E-state index in [4.69, 9.17) is 0 Å². The number of nitrogens with zero attached hydrogens (tertiary/aromatic N) is 3. The molecule has 1 fully saturated rings. The molecule has 0 bridgehead atoms. The Kier molecular flexibility index (Phi) is 6.17. The molecule has 1 aromatic rings. The molecule has 1 aliphatic heterocycles. The Morgan fingerprint density at radius 2 is 2.22 bits per heavy atom. The minimum absolute atomic E-state index is 0.134. The fourth-order valence-corrected chi connectivity index (χ4v) is 3.53.